The van der Waals surface area contributed by atoms with Crippen molar-refractivity contribution < 1.29 is 0 Å². The van der Waals surface area contributed by atoms with Crippen molar-refractivity contribution in [2.45, 2.75) is 18.9 Å². The summed E-state index contributed by atoms with van der Waals surface area (Å²) < 4.78 is 0.848. The molecule has 0 bridgehead atoms. The van der Waals surface area contributed by atoms with Crippen molar-refractivity contribution in [1.29, 1.82) is 0 Å². The van der Waals surface area contributed by atoms with E-state index in [9.17, 15) is 0 Å². The van der Waals surface area contributed by atoms with Gasteiger partial charge in [0.05, 0.1) is 4.34 Å². The van der Waals surface area contributed by atoms with Gasteiger partial charge in [-0.1, -0.05) is 11.6 Å². The van der Waals surface area contributed by atoms with Crippen LogP contribution >= 0.6 is 34.7 Å². The molecule has 0 radical (unpaired) electrons. The topological polar surface area (TPSA) is 38.0 Å². The van der Waals surface area contributed by atoms with Crippen LogP contribution in [0.2, 0.25) is 4.34 Å². The summed E-state index contributed by atoms with van der Waals surface area (Å²) in [5, 5.41) is 0. The third-order valence-corrected chi connectivity index (χ3v) is 3.88. The van der Waals surface area contributed by atoms with Gasteiger partial charge in [-0.3, -0.25) is 11.3 Å². The molecule has 3 N–H and O–H groups in total. The second-order valence-electron chi connectivity index (χ2n) is 3.06. The zero-order chi connectivity index (χ0) is 10.4. The summed E-state index contributed by atoms with van der Waals surface area (Å²) in [6, 6.07) is 4.36. The van der Waals surface area contributed by atoms with Crippen molar-refractivity contribution in [3.05, 3.63) is 21.3 Å². The van der Waals surface area contributed by atoms with Crippen molar-refractivity contribution in [3.63, 3.8) is 0 Å². The average Bonchev–Trinajstić information content (AvgIpc) is 2.58. The average molecular weight is 251 g/mol. The van der Waals surface area contributed by atoms with Crippen molar-refractivity contribution in [2.24, 2.45) is 5.84 Å². The van der Waals surface area contributed by atoms with Crippen LogP contribution in [0, 0.1) is 0 Å². The first-order chi connectivity index (χ1) is 6.76. The molecule has 2 nitrogen and oxygen atoms in total. The molecule has 0 spiro atoms. The summed E-state index contributed by atoms with van der Waals surface area (Å²) in [4.78, 5) is 1.29. The van der Waals surface area contributed by atoms with E-state index >= 15 is 0 Å². The minimum Gasteiger partial charge on any atom is -0.271 e. The van der Waals surface area contributed by atoms with Crippen LogP contribution in [0.5, 0.6) is 0 Å². The number of rotatable bonds is 6. The van der Waals surface area contributed by atoms with Crippen molar-refractivity contribution in [3.8, 4) is 0 Å². The van der Waals surface area contributed by atoms with Gasteiger partial charge in [-0.15, -0.1) is 11.3 Å². The molecule has 14 heavy (non-hydrogen) atoms. The number of nitrogens with one attached hydrogen (secondary N) is 1. The van der Waals surface area contributed by atoms with Crippen LogP contribution in [-0.2, 0) is 6.42 Å². The lowest BCUT2D eigenvalue weighted by molar-refractivity contribution is 0.517. The van der Waals surface area contributed by atoms with Gasteiger partial charge >= 0.3 is 0 Å². The van der Waals surface area contributed by atoms with E-state index in [-0.39, 0.29) is 0 Å². The molecule has 1 atom stereocenters. The SMILES string of the molecule is CSCCC(Cc1ccc(Cl)s1)NN. The quantitative estimate of drug-likeness (QED) is 0.602. The van der Waals surface area contributed by atoms with Gasteiger partial charge in [0.2, 0.25) is 0 Å². The zero-order valence-corrected chi connectivity index (χ0v) is 10.5. The fraction of sp³-hybridized carbons (Fsp3) is 0.556. The number of nitrogens with two attached hydrogens (primary N) is 1. The smallest absolute Gasteiger partial charge is 0.0931 e. The zero-order valence-electron chi connectivity index (χ0n) is 8.13. The Hall–Kier alpha value is 0.260. The molecule has 1 rings (SSSR count). The highest BCUT2D eigenvalue weighted by atomic mass is 35.5. The highest BCUT2D eigenvalue weighted by Crippen LogP contribution is 2.23. The molecule has 0 saturated heterocycles. The van der Waals surface area contributed by atoms with Gasteiger partial charge < -0.3 is 0 Å². The molecule has 0 saturated carbocycles. The molecule has 1 heterocycles. The standard InChI is InChI=1S/C9H15ClN2S2/c1-13-5-4-7(12-11)6-8-2-3-9(10)14-8/h2-3,7,12H,4-6,11H2,1H3. The molecule has 5 heteroatoms. The normalized spacial score (nSPS) is 13.1. The van der Waals surface area contributed by atoms with E-state index in [1.165, 1.54) is 4.88 Å². The summed E-state index contributed by atoms with van der Waals surface area (Å²) in [6.07, 6.45) is 4.16. The molecule has 0 aliphatic rings. The van der Waals surface area contributed by atoms with Crippen molar-refractivity contribution in [1.82, 2.24) is 5.43 Å². The summed E-state index contributed by atoms with van der Waals surface area (Å²) in [7, 11) is 0. The van der Waals surface area contributed by atoms with Crippen molar-refractivity contribution >= 4 is 34.7 Å². The minimum atomic E-state index is 0.358. The Labute approximate surface area is 98.2 Å². The van der Waals surface area contributed by atoms with Crippen LogP contribution in [-0.4, -0.2) is 18.1 Å². The fourth-order valence-corrected chi connectivity index (χ4v) is 2.90. The number of hydrogen-bond acceptors (Lipinski definition) is 4. The summed E-state index contributed by atoms with van der Waals surface area (Å²) in [5.74, 6) is 6.61. The lowest BCUT2D eigenvalue weighted by Crippen LogP contribution is -2.37. The van der Waals surface area contributed by atoms with Gasteiger partial charge in [-0.25, -0.2) is 0 Å². The summed E-state index contributed by atoms with van der Waals surface area (Å²) in [6.45, 7) is 0. The van der Waals surface area contributed by atoms with Gasteiger partial charge in [0.25, 0.3) is 0 Å². The van der Waals surface area contributed by atoms with Crippen LogP contribution in [0.1, 0.15) is 11.3 Å². The van der Waals surface area contributed by atoms with Gasteiger partial charge in [-0.2, -0.15) is 11.8 Å². The van der Waals surface area contributed by atoms with E-state index in [2.05, 4.69) is 17.7 Å². The monoisotopic (exact) mass is 250 g/mol. The van der Waals surface area contributed by atoms with E-state index in [1.807, 2.05) is 17.8 Å². The molecule has 1 unspecified atom stereocenters. The molecule has 0 fully saturated rings. The predicted octanol–water partition coefficient (Wildman–Crippen LogP) is 2.53. The second kappa shape index (κ2) is 6.69. The Kier molecular flexibility index (Phi) is 5.89. The Morgan fingerprint density at radius 1 is 1.64 bits per heavy atom. The Morgan fingerprint density at radius 2 is 2.43 bits per heavy atom. The summed E-state index contributed by atoms with van der Waals surface area (Å²) >= 11 is 9.32. The van der Waals surface area contributed by atoms with Crippen LogP contribution in [0.15, 0.2) is 12.1 Å². The van der Waals surface area contributed by atoms with E-state index in [1.54, 1.807) is 11.3 Å². The minimum absolute atomic E-state index is 0.358. The molecule has 0 aromatic carbocycles. The van der Waals surface area contributed by atoms with Crippen LogP contribution in [0.4, 0.5) is 0 Å². The van der Waals surface area contributed by atoms with Crippen LogP contribution in [0.3, 0.4) is 0 Å². The van der Waals surface area contributed by atoms with Crippen LogP contribution < -0.4 is 11.3 Å². The third kappa shape index (κ3) is 4.19. The maximum atomic E-state index is 5.85. The fourth-order valence-electron chi connectivity index (χ4n) is 1.21. The molecule has 0 aliphatic carbocycles. The van der Waals surface area contributed by atoms with Gasteiger partial charge in [0.1, 0.15) is 0 Å². The van der Waals surface area contributed by atoms with E-state index in [0.29, 0.717) is 6.04 Å². The van der Waals surface area contributed by atoms with Gasteiger partial charge in [0, 0.05) is 10.9 Å². The third-order valence-electron chi connectivity index (χ3n) is 1.98. The molecule has 0 amide bonds. The number of hydrogen-bond donors (Lipinski definition) is 2. The largest absolute Gasteiger partial charge is 0.271 e. The lowest BCUT2D eigenvalue weighted by atomic mass is 10.1. The Balaban J connectivity index is 2.40. The Bertz CT molecular complexity index is 265. The van der Waals surface area contributed by atoms with Crippen LogP contribution in [0.25, 0.3) is 0 Å². The van der Waals surface area contributed by atoms with E-state index in [0.717, 1.165) is 22.9 Å². The van der Waals surface area contributed by atoms with Crippen molar-refractivity contribution in [2.75, 3.05) is 12.0 Å². The Morgan fingerprint density at radius 3 is 2.93 bits per heavy atom. The number of halogens is 1. The highest BCUT2D eigenvalue weighted by molar-refractivity contribution is 7.98. The maximum absolute atomic E-state index is 5.85. The molecular formula is C9H15ClN2S2. The molecule has 1 aromatic heterocycles. The first kappa shape index (κ1) is 12.3. The first-order valence-electron chi connectivity index (χ1n) is 4.45. The number of hydrazine groups is 1. The number of thiophene rings is 1. The van der Waals surface area contributed by atoms with Gasteiger partial charge in [-0.05, 0) is 37.0 Å². The predicted molar refractivity (Wildman–Crippen MR) is 67.1 cm³/mol. The molecule has 1 aromatic rings. The molecular weight excluding hydrogens is 236 g/mol. The summed E-state index contributed by atoms with van der Waals surface area (Å²) in [5.41, 5.74) is 2.84. The van der Waals surface area contributed by atoms with Gasteiger partial charge in [0.15, 0.2) is 0 Å². The second-order valence-corrected chi connectivity index (χ2v) is 5.84. The molecule has 0 aliphatic heterocycles. The van der Waals surface area contributed by atoms with E-state index < -0.39 is 0 Å². The highest BCUT2D eigenvalue weighted by Gasteiger charge is 2.08. The van der Waals surface area contributed by atoms with E-state index in [4.69, 9.17) is 17.4 Å². The molecule has 80 valence electrons. The number of thioether (sulfide) groups is 1. The first-order valence-corrected chi connectivity index (χ1v) is 7.04. The lowest BCUT2D eigenvalue weighted by Gasteiger charge is -2.13. The maximum Gasteiger partial charge on any atom is 0.0931 e.